The van der Waals surface area contributed by atoms with E-state index in [0.29, 0.717) is 16.7 Å². The summed E-state index contributed by atoms with van der Waals surface area (Å²) in [5.74, 6) is -1.34. The van der Waals surface area contributed by atoms with E-state index in [2.05, 4.69) is 0 Å². The van der Waals surface area contributed by atoms with Crippen molar-refractivity contribution in [3.63, 3.8) is 0 Å². The minimum absolute atomic E-state index is 0.0200. The van der Waals surface area contributed by atoms with Crippen molar-refractivity contribution in [3.8, 4) is 17.6 Å². The van der Waals surface area contributed by atoms with Crippen LogP contribution in [0.4, 0.5) is 4.39 Å². The summed E-state index contributed by atoms with van der Waals surface area (Å²) in [7, 11) is 1.44. The summed E-state index contributed by atoms with van der Waals surface area (Å²) in [5, 5.41) is 10.1. The zero-order valence-electron chi connectivity index (χ0n) is 14.2. The summed E-state index contributed by atoms with van der Waals surface area (Å²) < 4.78 is 30.8. The first-order chi connectivity index (χ1) is 13.0. The van der Waals surface area contributed by atoms with Gasteiger partial charge in [-0.05, 0) is 30.3 Å². The summed E-state index contributed by atoms with van der Waals surface area (Å²) in [6.45, 7) is 0. The van der Waals surface area contributed by atoms with Crippen LogP contribution in [0.15, 0.2) is 63.1 Å². The Labute approximate surface area is 152 Å². The molecule has 2 aromatic carbocycles. The van der Waals surface area contributed by atoms with Crippen molar-refractivity contribution in [2.45, 2.75) is 5.92 Å². The van der Waals surface area contributed by atoms with Gasteiger partial charge in [0.05, 0.1) is 24.0 Å². The first kappa shape index (κ1) is 16.7. The van der Waals surface area contributed by atoms with Crippen molar-refractivity contribution in [1.82, 2.24) is 0 Å². The minimum Gasteiger partial charge on any atom is -0.497 e. The smallest absolute Gasteiger partial charge is 0.344 e. The van der Waals surface area contributed by atoms with Crippen molar-refractivity contribution in [2.75, 3.05) is 7.11 Å². The second kappa shape index (κ2) is 6.18. The van der Waals surface area contributed by atoms with Gasteiger partial charge in [-0.25, -0.2) is 9.18 Å². The molecule has 6 nitrogen and oxygen atoms in total. The van der Waals surface area contributed by atoms with Gasteiger partial charge < -0.3 is 19.6 Å². The molecule has 7 heteroatoms. The van der Waals surface area contributed by atoms with Gasteiger partial charge in [-0.2, -0.15) is 5.26 Å². The molecule has 134 valence electrons. The maximum atomic E-state index is 14.7. The van der Waals surface area contributed by atoms with Gasteiger partial charge in [-0.15, -0.1) is 0 Å². The Morgan fingerprint density at radius 3 is 2.78 bits per heavy atom. The molecular formula is C20H13FN2O4. The van der Waals surface area contributed by atoms with E-state index in [0.717, 1.165) is 0 Å². The molecule has 0 aliphatic carbocycles. The number of allylic oxidation sites excluding steroid dienone is 1. The number of fused-ring (bicyclic) bond motifs is 3. The highest BCUT2D eigenvalue weighted by Gasteiger charge is 2.37. The Morgan fingerprint density at radius 2 is 2.04 bits per heavy atom. The van der Waals surface area contributed by atoms with Crippen LogP contribution >= 0.6 is 0 Å². The fraction of sp³-hybridized carbons (Fsp3) is 0.100. The number of para-hydroxylation sites is 1. The number of benzene rings is 2. The van der Waals surface area contributed by atoms with Gasteiger partial charge in [-0.1, -0.05) is 12.1 Å². The average molecular weight is 364 g/mol. The molecule has 4 rings (SSSR count). The summed E-state index contributed by atoms with van der Waals surface area (Å²) in [6, 6.07) is 12.8. The summed E-state index contributed by atoms with van der Waals surface area (Å²) in [6.07, 6.45) is 0. The summed E-state index contributed by atoms with van der Waals surface area (Å²) in [5.41, 5.74) is 5.54. The maximum absolute atomic E-state index is 14.7. The third-order valence-electron chi connectivity index (χ3n) is 4.49. The number of methoxy groups -OCH3 is 1. The van der Waals surface area contributed by atoms with Crippen molar-refractivity contribution in [1.29, 1.82) is 5.26 Å². The molecule has 1 aromatic heterocycles. The fourth-order valence-electron chi connectivity index (χ4n) is 3.25. The predicted molar refractivity (Wildman–Crippen MR) is 94.7 cm³/mol. The number of hydrogen-bond donors (Lipinski definition) is 1. The van der Waals surface area contributed by atoms with Crippen molar-refractivity contribution >= 4 is 11.0 Å². The minimum atomic E-state index is -1.07. The maximum Gasteiger partial charge on any atom is 0.344 e. The quantitative estimate of drug-likeness (QED) is 0.702. The van der Waals surface area contributed by atoms with E-state index in [1.807, 2.05) is 6.07 Å². The Kier molecular flexibility index (Phi) is 3.81. The molecule has 1 atom stereocenters. The standard InChI is InChI=1S/C20H13FN2O4/c1-25-10-6-7-14(21)12(8-10)16-13(9-22)19(23)27-18-11-4-2-3-5-15(11)26-20(24)17(16)18/h2-8,16H,23H2,1H3. The molecule has 1 unspecified atom stereocenters. The van der Waals surface area contributed by atoms with Crippen LogP contribution in [0, 0.1) is 17.1 Å². The third-order valence-corrected chi connectivity index (χ3v) is 4.49. The first-order valence-electron chi connectivity index (χ1n) is 8.02. The SMILES string of the molecule is COc1ccc(F)c(C2C(C#N)=C(N)Oc3c2c(=O)oc2ccccc32)c1. The predicted octanol–water partition coefficient (Wildman–Crippen LogP) is 3.16. The van der Waals surface area contributed by atoms with E-state index in [-0.39, 0.29) is 28.3 Å². The lowest BCUT2D eigenvalue weighted by atomic mass is 9.83. The summed E-state index contributed by atoms with van der Waals surface area (Å²) >= 11 is 0. The van der Waals surface area contributed by atoms with Gasteiger partial charge in [0.25, 0.3) is 0 Å². The molecule has 1 aliphatic rings. The first-order valence-corrected chi connectivity index (χ1v) is 8.02. The Balaban J connectivity index is 2.10. The van der Waals surface area contributed by atoms with Crippen molar-refractivity contribution in [2.24, 2.45) is 5.73 Å². The Morgan fingerprint density at radius 1 is 1.26 bits per heavy atom. The van der Waals surface area contributed by atoms with Crippen molar-refractivity contribution < 1.29 is 18.3 Å². The van der Waals surface area contributed by atoms with Crippen LogP contribution < -0.4 is 20.8 Å². The van der Waals surface area contributed by atoms with Crippen LogP contribution in [0.3, 0.4) is 0 Å². The Bertz CT molecular complexity index is 1210. The highest BCUT2D eigenvalue weighted by Crippen LogP contribution is 2.44. The zero-order valence-corrected chi connectivity index (χ0v) is 14.2. The molecule has 0 fully saturated rings. The molecule has 1 aliphatic heterocycles. The van der Waals surface area contributed by atoms with E-state index in [1.165, 1.54) is 25.3 Å². The van der Waals surface area contributed by atoms with E-state index < -0.39 is 17.4 Å². The van der Waals surface area contributed by atoms with Gasteiger partial charge in [-0.3, -0.25) is 0 Å². The topological polar surface area (TPSA) is 98.5 Å². The average Bonchev–Trinajstić information content (AvgIpc) is 2.67. The number of nitrogens with two attached hydrogens (primary N) is 1. The zero-order chi connectivity index (χ0) is 19.1. The molecule has 0 saturated heterocycles. The number of hydrogen-bond acceptors (Lipinski definition) is 6. The van der Waals surface area contributed by atoms with Crippen LogP contribution in [0.2, 0.25) is 0 Å². The molecule has 3 aromatic rings. The number of nitrogens with zero attached hydrogens (tertiary/aromatic N) is 1. The molecule has 0 amide bonds. The van der Waals surface area contributed by atoms with Crippen molar-refractivity contribution in [3.05, 3.63) is 81.3 Å². The number of rotatable bonds is 2. The Hall–Kier alpha value is -3.79. The summed E-state index contributed by atoms with van der Waals surface area (Å²) in [4.78, 5) is 12.7. The lowest BCUT2D eigenvalue weighted by molar-refractivity contribution is 0.385. The molecule has 0 bridgehead atoms. The largest absolute Gasteiger partial charge is 0.497 e. The molecule has 27 heavy (non-hydrogen) atoms. The number of ether oxygens (including phenoxy) is 2. The molecule has 0 radical (unpaired) electrons. The van der Waals surface area contributed by atoms with E-state index in [1.54, 1.807) is 24.3 Å². The third kappa shape index (κ3) is 2.50. The van der Waals surface area contributed by atoms with Crippen LogP contribution in [0.25, 0.3) is 11.0 Å². The van der Waals surface area contributed by atoms with E-state index >= 15 is 0 Å². The molecule has 0 saturated carbocycles. The lowest BCUT2D eigenvalue weighted by Gasteiger charge is -2.26. The van der Waals surface area contributed by atoms with Crippen LogP contribution in [0.5, 0.6) is 11.5 Å². The highest BCUT2D eigenvalue weighted by atomic mass is 19.1. The van der Waals surface area contributed by atoms with Crippen LogP contribution in [-0.4, -0.2) is 7.11 Å². The number of nitriles is 1. The van der Waals surface area contributed by atoms with Gasteiger partial charge in [0.1, 0.15) is 28.8 Å². The van der Waals surface area contributed by atoms with Crippen LogP contribution in [-0.2, 0) is 0 Å². The second-order valence-electron chi connectivity index (χ2n) is 5.94. The number of halogens is 1. The fourth-order valence-corrected chi connectivity index (χ4v) is 3.25. The second-order valence-corrected chi connectivity index (χ2v) is 5.94. The van der Waals surface area contributed by atoms with Gasteiger partial charge in [0.15, 0.2) is 5.75 Å². The normalized spacial score (nSPS) is 15.8. The van der Waals surface area contributed by atoms with E-state index in [9.17, 15) is 14.4 Å². The molecule has 2 heterocycles. The van der Waals surface area contributed by atoms with E-state index in [4.69, 9.17) is 19.6 Å². The van der Waals surface area contributed by atoms with Crippen LogP contribution in [0.1, 0.15) is 17.0 Å². The van der Waals surface area contributed by atoms with Gasteiger partial charge in [0, 0.05) is 5.56 Å². The molecule has 2 N–H and O–H groups in total. The van der Waals surface area contributed by atoms with Gasteiger partial charge >= 0.3 is 5.63 Å². The monoisotopic (exact) mass is 364 g/mol. The highest BCUT2D eigenvalue weighted by molar-refractivity contribution is 5.86. The lowest BCUT2D eigenvalue weighted by Crippen LogP contribution is -2.26. The molecular weight excluding hydrogens is 351 g/mol. The van der Waals surface area contributed by atoms with Gasteiger partial charge in [0.2, 0.25) is 5.88 Å². The molecule has 0 spiro atoms.